The van der Waals surface area contributed by atoms with Crippen LogP contribution in [0.4, 0.5) is 0 Å². The van der Waals surface area contributed by atoms with E-state index >= 15 is 0 Å². The van der Waals surface area contributed by atoms with Gasteiger partial charge in [0.15, 0.2) is 0 Å². The van der Waals surface area contributed by atoms with E-state index in [4.69, 9.17) is 23.8 Å². The Bertz CT molecular complexity index is 784. The van der Waals surface area contributed by atoms with Gasteiger partial charge in [-0.1, -0.05) is 44.5 Å². The van der Waals surface area contributed by atoms with E-state index in [0.29, 0.717) is 10.7 Å². The van der Waals surface area contributed by atoms with Crippen LogP contribution in [0.1, 0.15) is 32.0 Å². The summed E-state index contributed by atoms with van der Waals surface area (Å²) in [5.41, 5.74) is 0.476. The molecule has 0 aliphatic carbocycles. The highest BCUT2D eigenvalue weighted by atomic mass is 35.5. The van der Waals surface area contributed by atoms with Crippen LogP contribution in [0.3, 0.4) is 0 Å². The standard InChI is InChI=1S/C14H15ClN4OS/c1-14(2,3)11-12(20)19(13(21)18-17-11)16-8-9-4-6-10(15)7-5-9/h4-8H,1-3H3,(H,18,21)/b16-8-. The van der Waals surface area contributed by atoms with Gasteiger partial charge in [-0.2, -0.15) is 14.9 Å². The van der Waals surface area contributed by atoms with Gasteiger partial charge in [0.2, 0.25) is 4.77 Å². The van der Waals surface area contributed by atoms with Crippen LogP contribution in [0.15, 0.2) is 34.2 Å². The summed E-state index contributed by atoms with van der Waals surface area (Å²) in [6.07, 6.45) is 1.55. The summed E-state index contributed by atoms with van der Waals surface area (Å²) in [5.74, 6) is 0. The lowest BCUT2D eigenvalue weighted by molar-refractivity contribution is 0.529. The van der Waals surface area contributed by atoms with Gasteiger partial charge in [0.05, 0.1) is 6.21 Å². The van der Waals surface area contributed by atoms with Gasteiger partial charge < -0.3 is 0 Å². The first-order valence-electron chi connectivity index (χ1n) is 6.31. The van der Waals surface area contributed by atoms with Gasteiger partial charge in [-0.25, -0.2) is 0 Å². The highest BCUT2D eigenvalue weighted by molar-refractivity contribution is 7.71. The average Bonchev–Trinajstić information content (AvgIpc) is 2.39. The lowest BCUT2D eigenvalue weighted by Gasteiger charge is -2.16. The summed E-state index contributed by atoms with van der Waals surface area (Å²) in [6, 6.07) is 7.10. The molecule has 21 heavy (non-hydrogen) atoms. The van der Waals surface area contributed by atoms with Crippen molar-refractivity contribution in [2.24, 2.45) is 5.10 Å². The number of aromatic amines is 1. The molecule has 1 aromatic carbocycles. The van der Waals surface area contributed by atoms with Crippen LogP contribution in [0.25, 0.3) is 0 Å². The van der Waals surface area contributed by atoms with Gasteiger partial charge >= 0.3 is 0 Å². The molecule has 2 rings (SSSR count). The Balaban J connectivity index is 2.47. The molecule has 5 nitrogen and oxygen atoms in total. The lowest BCUT2D eigenvalue weighted by Crippen LogP contribution is -2.32. The molecule has 0 saturated carbocycles. The Morgan fingerprint density at radius 1 is 1.33 bits per heavy atom. The maximum atomic E-state index is 12.4. The fourth-order valence-electron chi connectivity index (χ4n) is 1.66. The minimum absolute atomic E-state index is 0.151. The molecule has 0 spiro atoms. The van der Waals surface area contributed by atoms with E-state index in [2.05, 4.69) is 15.3 Å². The quantitative estimate of drug-likeness (QED) is 0.682. The maximum Gasteiger partial charge on any atom is 0.297 e. The molecule has 0 radical (unpaired) electrons. The average molecular weight is 323 g/mol. The van der Waals surface area contributed by atoms with E-state index in [1.54, 1.807) is 30.5 Å². The first kappa shape index (κ1) is 15.6. The molecule has 2 aromatic rings. The molecule has 0 unspecified atom stereocenters. The van der Waals surface area contributed by atoms with Crippen molar-refractivity contribution in [1.29, 1.82) is 0 Å². The number of hydrogen-bond acceptors (Lipinski definition) is 4. The van der Waals surface area contributed by atoms with Crippen molar-refractivity contribution in [2.45, 2.75) is 26.2 Å². The van der Waals surface area contributed by atoms with Crippen LogP contribution in [-0.2, 0) is 5.41 Å². The third-order valence-corrected chi connectivity index (χ3v) is 3.27. The number of hydrogen-bond donors (Lipinski definition) is 1. The van der Waals surface area contributed by atoms with Crippen LogP contribution in [0.2, 0.25) is 5.02 Å². The van der Waals surface area contributed by atoms with E-state index in [9.17, 15) is 4.79 Å². The largest absolute Gasteiger partial charge is 0.297 e. The lowest BCUT2D eigenvalue weighted by atomic mass is 9.93. The van der Waals surface area contributed by atoms with E-state index in [0.717, 1.165) is 10.2 Å². The van der Waals surface area contributed by atoms with Gasteiger partial charge in [0.25, 0.3) is 5.56 Å². The normalized spacial score (nSPS) is 12.0. The van der Waals surface area contributed by atoms with Crippen molar-refractivity contribution in [3.63, 3.8) is 0 Å². The molecule has 7 heteroatoms. The summed E-state index contributed by atoms with van der Waals surface area (Å²) in [4.78, 5) is 12.4. The second-order valence-corrected chi connectivity index (χ2v) is 6.36. The SMILES string of the molecule is CC(C)(C)c1n[nH]c(=S)n(/N=C\c2ccc(Cl)cc2)c1=O. The Labute approximate surface area is 132 Å². The highest BCUT2D eigenvalue weighted by Gasteiger charge is 2.21. The van der Waals surface area contributed by atoms with Crippen molar-refractivity contribution >= 4 is 30.0 Å². The number of benzene rings is 1. The third-order valence-electron chi connectivity index (χ3n) is 2.75. The van der Waals surface area contributed by atoms with Gasteiger partial charge in [0.1, 0.15) is 5.69 Å². The fraction of sp³-hybridized carbons (Fsp3) is 0.286. The van der Waals surface area contributed by atoms with Crippen molar-refractivity contribution < 1.29 is 0 Å². The zero-order valence-electron chi connectivity index (χ0n) is 11.9. The maximum absolute atomic E-state index is 12.4. The van der Waals surface area contributed by atoms with Gasteiger partial charge in [-0.05, 0) is 29.9 Å². The predicted octanol–water partition coefficient (Wildman–Crippen LogP) is 3.13. The number of H-pyrrole nitrogens is 1. The number of nitrogens with zero attached hydrogens (tertiary/aromatic N) is 3. The first-order valence-corrected chi connectivity index (χ1v) is 7.10. The highest BCUT2D eigenvalue weighted by Crippen LogP contribution is 2.15. The van der Waals surface area contributed by atoms with Crippen molar-refractivity contribution in [3.05, 3.63) is 55.7 Å². The molecule has 0 aliphatic heterocycles. The van der Waals surface area contributed by atoms with E-state index in [1.165, 1.54) is 0 Å². The minimum atomic E-state index is -0.395. The first-order chi connectivity index (χ1) is 9.79. The van der Waals surface area contributed by atoms with Crippen molar-refractivity contribution in [3.8, 4) is 0 Å². The zero-order chi connectivity index (χ0) is 15.6. The van der Waals surface area contributed by atoms with E-state index < -0.39 is 5.41 Å². The molecule has 1 aromatic heterocycles. The zero-order valence-corrected chi connectivity index (χ0v) is 13.5. The molecule has 1 heterocycles. The number of aromatic nitrogens is 3. The Morgan fingerprint density at radius 2 is 1.95 bits per heavy atom. The Kier molecular flexibility index (Phi) is 4.39. The molecule has 0 atom stereocenters. The van der Waals surface area contributed by atoms with Crippen LogP contribution >= 0.6 is 23.8 Å². The smallest absolute Gasteiger partial charge is 0.265 e. The van der Waals surface area contributed by atoms with Gasteiger partial charge in [0, 0.05) is 10.4 Å². The van der Waals surface area contributed by atoms with Crippen LogP contribution < -0.4 is 5.56 Å². The van der Waals surface area contributed by atoms with Gasteiger partial charge in [-0.15, -0.1) is 0 Å². The molecule has 110 valence electrons. The van der Waals surface area contributed by atoms with Crippen LogP contribution in [0.5, 0.6) is 0 Å². The molecular weight excluding hydrogens is 308 g/mol. The van der Waals surface area contributed by atoms with E-state index in [1.807, 2.05) is 20.8 Å². The van der Waals surface area contributed by atoms with E-state index in [-0.39, 0.29) is 10.3 Å². The van der Waals surface area contributed by atoms with Crippen LogP contribution in [0, 0.1) is 4.77 Å². The molecule has 1 N–H and O–H groups in total. The Morgan fingerprint density at radius 3 is 2.52 bits per heavy atom. The minimum Gasteiger partial charge on any atom is -0.265 e. The summed E-state index contributed by atoms with van der Waals surface area (Å²) < 4.78 is 1.29. The summed E-state index contributed by atoms with van der Waals surface area (Å²) >= 11 is 10.9. The topological polar surface area (TPSA) is 63.0 Å². The summed E-state index contributed by atoms with van der Waals surface area (Å²) in [5, 5.41) is 11.5. The fourth-order valence-corrected chi connectivity index (χ4v) is 1.96. The van der Waals surface area contributed by atoms with Crippen LogP contribution in [-0.4, -0.2) is 21.1 Å². The monoisotopic (exact) mass is 322 g/mol. The third kappa shape index (κ3) is 3.65. The van der Waals surface area contributed by atoms with Gasteiger partial charge in [-0.3, -0.25) is 9.89 Å². The second kappa shape index (κ2) is 5.91. The molecule has 0 aliphatic rings. The molecular formula is C14H15ClN4OS. The van der Waals surface area contributed by atoms with Crippen molar-refractivity contribution in [2.75, 3.05) is 0 Å². The Hall–Kier alpha value is -1.79. The summed E-state index contributed by atoms with van der Waals surface area (Å²) in [7, 11) is 0. The number of halogens is 1. The molecule has 0 bridgehead atoms. The number of nitrogens with one attached hydrogen (secondary N) is 1. The molecule has 0 fully saturated rings. The van der Waals surface area contributed by atoms with Crippen molar-refractivity contribution in [1.82, 2.24) is 14.9 Å². The molecule has 0 saturated heterocycles. The molecule has 0 amide bonds. The predicted molar refractivity (Wildman–Crippen MR) is 86.8 cm³/mol. The second-order valence-electron chi connectivity index (χ2n) is 5.54. The summed E-state index contributed by atoms with van der Waals surface area (Å²) in [6.45, 7) is 5.71. The number of rotatable bonds is 2.